The van der Waals surface area contributed by atoms with Gasteiger partial charge in [0.1, 0.15) is 0 Å². The fraction of sp³-hybridized carbons (Fsp3) is 0.667. The Morgan fingerprint density at radius 2 is 1.91 bits per heavy atom. The van der Waals surface area contributed by atoms with Crippen LogP contribution in [0.4, 0.5) is 0 Å². The molecule has 6 nitrogen and oxygen atoms in total. The van der Waals surface area contributed by atoms with Crippen molar-refractivity contribution in [3.05, 3.63) is 17.7 Å². The second-order valence-electron chi connectivity index (χ2n) is 7.01. The number of nitrogens with zero attached hydrogens (tertiary/aromatic N) is 4. The zero-order chi connectivity index (χ0) is 15.3. The Bertz CT molecular complexity index is 649. The fourth-order valence-corrected chi connectivity index (χ4v) is 3.06. The molecule has 0 spiro atoms. The van der Waals surface area contributed by atoms with E-state index in [9.17, 15) is 0 Å². The number of hydrogen-bond donors (Lipinski definition) is 1. The average Bonchev–Trinajstić information content (AvgIpc) is 3.06. The van der Waals surface area contributed by atoms with Crippen molar-refractivity contribution in [1.29, 1.82) is 0 Å². The summed E-state index contributed by atoms with van der Waals surface area (Å²) in [5.74, 6) is 1.13. The summed E-state index contributed by atoms with van der Waals surface area (Å²) in [5, 5.41) is 8.56. The Hall–Kier alpha value is -1.40. The predicted molar refractivity (Wildman–Crippen MR) is 86.8 cm³/mol. The van der Waals surface area contributed by atoms with Crippen LogP contribution in [0.15, 0.2) is 10.7 Å². The van der Waals surface area contributed by atoms with Crippen LogP contribution in [0.2, 0.25) is 0 Å². The molecule has 3 rings (SSSR count). The normalized spacial score (nSPS) is 17.5. The first-order valence-electron chi connectivity index (χ1n) is 7.50. The number of nitrogens with two attached hydrogens (primary N) is 1. The van der Waals surface area contributed by atoms with Gasteiger partial charge < -0.3 is 10.3 Å². The van der Waals surface area contributed by atoms with Crippen molar-refractivity contribution in [2.45, 2.75) is 64.5 Å². The zero-order valence-corrected chi connectivity index (χ0v) is 14.4. The van der Waals surface area contributed by atoms with E-state index in [-0.39, 0.29) is 17.9 Å². The van der Waals surface area contributed by atoms with E-state index in [0.717, 1.165) is 36.9 Å². The van der Waals surface area contributed by atoms with Crippen molar-refractivity contribution in [3.8, 4) is 11.5 Å². The van der Waals surface area contributed by atoms with Gasteiger partial charge in [0, 0.05) is 5.69 Å². The molecule has 0 radical (unpaired) electrons. The molecule has 22 heavy (non-hydrogen) atoms. The topological polar surface area (TPSA) is 82.8 Å². The molecule has 0 aliphatic heterocycles. The minimum atomic E-state index is -0.421. The summed E-state index contributed by atoms with van der Waals surface area (Å²) in [5.41, 5.74) is 7.78. The maximum atomic E-state index is 6.38. The Morgan fingerprint density at radius 1 is 1.27 bits per heavy atom. The largest absolute Gasteiger partial charge is 0.334 e. The van der Waals surface area contributed by atoms with E-state index in [2.05, 4.69) is 36.0 Å². The van der Waals surface area contributed by atoms with E-state index >= 15 is 0 Å². The first-order valence-corrected chi connectivity index (χ1v) is 7.50. The van der Waals surface area contributed by atoms with Crippen LogP contribution in [0.25, 0.3) is 11.5 Å². The molecule has 1 aliphatic rings. The number of aromatic nitrogens is 4. The second kappa shape index (κ2) is 5.66. The molecule has 0 aromatic carbocycles. The Morgan fingerprint density at radius 3 is 2.45 bits per heavy atom. The number of rotatable bonds is 2. The molecule has 0 saturated heterocycles. The molecule has 0 atom stereocenters. The predicted octanol–water partition coefficient (Wildman–Crippen LogP) is 3.15. The molecule has 0 bridgehead atoms. The van der Waals surface area contributed by atoms with Crippen LogP contribution in [-0.4, -0.2) is 19.9 Å². The molecule has 122 valence electrons. The Labute approximate surface area is 136 Å². The lowest BCUT2D eigenvalue weighted by Gasteiger charge is -2.21. The van der Waals surface area contributed by atoms with Crippen molar-refractivity contribution in [1.82, 2.24) is 19.9 Å². The zero-order valence-electron chi connectivity index (χ0n) is 13.6. The van der Waals surface area contributed by atoms with E-state index in [4.69, 9.17) is 10.3 Å². The van der Waals surface area contributed by atoms with Gasteiger partial charge in [0.05, 0.1) is 22.8 Å². The summed E-state index contributed by atoms with van der Waals surface area (Å²) < 4.78 is 7.41. The van der Waals surface area contributed by atoms with Gasteiger partial charge in [-0.1, -0.05) is 18.0 Å². The lowest BCUT2D eigenvalue weighted by molar-refractivity contribution is 0.347. The molecule has 7 heteroatoms. The lowest BCUT2D eigenvalue weighted by atomic mass is 9.99. The van der Waals surface area contributed by atoms with Crippen LogP contribution in [0.1, 0.15) is 58.0 Å². The van der Waals surface area contributed by atoms with Crippen LogP contribution in [0.5, 0.6) is 0 Å². The van der Waals surface area contributed by atoms with Crippen LogP contribution in [0.3, 0.4) is 0 Å². The van der Waals surface area contributed by atoms with Crippen molar-refractivity contribution < 1.29 is 4.52 Å². The molecule has 1 fully saturated rings. The van der Waals surface area contributed by atoms with Crippen molar-refractivity contribution in [2.75, 3.05) is 0 Å². The summed E-state index contributed by atoms with van der Waals surface area (Å²) in [4.78, 5) is 4.53. The van der Waals surface area contributed by atoms with Gasteiger partial charge in [0.25, 0.3) is 5.89 Å². The van der Waals surface area contributed by atoms with E-state index in [0.29, 0.717) is 11.7 Å². The minimum Gasteiger partial charge on any atom is -0.334 e. The van der Waals surface area contributed by atoms with Gasteiger partial charge in [-0.25, -0.2) is 0 Å². The van der Waals surface area contributed by atoms with Gasteiger partial charge in [-0.15, -0.1) is 12.4 Å². The third kappa shape index (κ3) is 2.77. The molecule has 2 N–H and O–H groups in total. The third-order valence-corrected chi connectivity index (χ3v) is 4.24. The molecular formula is C15H24ClN5O. The highest BCUT2D eigenvalue weighted by Crippen LogP contribution is 2.36. The number of halogens is 1. The highest BCUT2D eigenvalue weighted by atomic mass is 35.5. The van der Waals surface area contributed by atoms with Crippen molar-refractivity contribution >= 4 is 12.4 Å². The Kier molecular flexibility index (Phi) is 4.37. The van der Waals surface area contributed by atoms with E-state index in [1.807, 2.05) is 11.6 Å². The van der Waals surface area contributed by atoms with Gasteiger partial charge in [-0.2, -0.15) is 10.1 Å². The summed E-state index contributed by atoms with van der Waals surface area (Å²) in [7, 11) is 0. The molecular weight excluding hydrogens is 302 g/mol. The maximum absolute atomic E-state index is 6.38. The maximum Gasteiger partial charge on any atom is 0.261 e. The van der Waals surface area contributed by atoms with Crippen LogP contribution in [-0.2, 0) is 11.1 Å². The second-order valence-corrected chi connectivity index (χ2v) is 7.01. The highest BCUT2D eigenvalue weighted by molar-refractivity contribution is 5.85. The van der Waals surface area contributed by atoms with Gasteiger partial charge in [0.15, 0.2) is 5.82 Å². The molecule has 2 aromatic rings. The summed E-state index contributed by atoms with van der Waals surface area (Å²) in [6.07, 6.45) is 5.89. The highest BCUT2D eigenvalue weighted by Gasteiger charge is 2.36. The van der Waals surface area contributed by atoms with E-state index in [1.165, 1.54) is 0 Å². The minimum absolute atomic E-state index is 0. The molecule has 2 heterocycles. The average molecular weight is 326 g/mol. The Balaban J connectivity index is 0.00000176. The summed E-state index contributed by atoms with van der Waals surface area (Å²) in [6.45, 7) is 8.36. The summed E-state index contributed by atoms with van der Waals surface area (Å²) in [6, 6.07) is 0. The monoisotopic (exact) mass is 325 g/mol. The fourth-order valence-electron chi connectivity index (χ4n) is 3.06. The first kappa shape index (κ1) is 17.0. The molecule has 0 unspecified atom stereocenters. The van der Waals surface area contributed by atoms with Gasteiger partial charge in [-0.3, -0.25) is 4.68 Å². The lowest BCUT2D eigenvalue weighted by Crippen LogP contribution is -2.34. The smallest absolute Gasteiger partial charge is 0.261 e. The van der Waals surface area contributed by atoms with Gasteiger partial charge in [0.2, 0.25) is 0 Å². The molecule has 2 aromatic heterocycles. The van der Waals surface area contributed by atoms with E-state index < -0.39 is 5.54 Å². The van der Waals surface area contributed by atoms with Gasteiger partial charge >= 0.3 is 0 Å². The van der Waals surface area contributed by atoms with Crippen molar-refractivity contribution in [3.63, 3.8) is 0 Å². The van der Waals surface area contributed by atoms with Crippen LogP contribution in [0, 0.1) is 6.92 Å². The summed E-state index contributed by atoms with van der Waals surface area (Å²) >= 11 is 0. The van der Waals surface area contributed by atoms with Crippen LogP contribution < -0.4 is 5.73 Å². The SMILES string of the molecule is Cc1c(-c2nc(C3(N)CCCC3)no2)cnn1C(C)(C)C.Cl. The molecule has 1 aliphatic carbocycles. The van der Waals surface area contributed by atoms with E-state index in [1.54, 1.807) is 6.20 Å². The molecule has 0 amide bonds. The quantitative estimate of drug-likeness (QED) is 0.917. The first-order chi connectivity index (χ1) is 9.81. The number of hydrogen-bond acceptors (Lipinski definition) is 5. The third-order valence-electron chi connectivity index (χ3n) is 4.24. The standard InChI is InChI=1S/C15H23N5O.ClH/c1-10-11(9-17-20(10)14(2,3)4)12-18-13(19-21-12)15(16)7-5-6-8-15;/h9H,5-8,16H2,1-4H3;1H. The molecule has 1 saturated carbocycles. The van der Waals surface area contributed by atoms with Crippen LogP contribution >= 0.6 is 12.4 Å². The van der Waals surface area contributed by atoms with Gasteiger partial charge in [-0.05, 0) is 40.5 Å². The van der Waals surface area contributed by atoms with Crippen molar-refractivity contribution in [2.24, 2.45) is 5.73 Å².